The topological polar surface area (TPSA) is 126 Å². The van der Waals surface area contributed by atoms with Gasteiger partial charge in [-0.05, 0) is 24.3 Å². The van der Waals surface area contributed by atoms with E-state index < -0.39 is 11.5 Å². The summed E-state index contributed by atoms with van der Waals surface area (Å²) < 4.78 is 5.60. The Morgan fingerprint density at radius 2 is 1.96 bits per heavy atom. The third-order valence-corrected chi connectivity index (χ3v) is 5.76. The summed E-state index contributed by atoms with van der Waals surface area (Å²) in [6.07, 6.45) is 5.95. The molecule has 2 aliphatic carbocycles. The average Bonchev–Trinajstić information content (AvgIpc) is 3.33. The summed E-state index contributed by atoms with van der Waals surface area (Å²) in [5, 5.41) is 24.9. The van der Waals surface area contributed by atoms with Gasteiger partial charge in [0.25, 0.3) is 11.8 Å². The minimum atomic E-state index is -0.644. The molecule has 1 saturated heterocycles. The van der Waals surface area contributed by atoms with Crippen LogP contribution in [0.1, 0.15) is 12.0 Å². The zero-order valence-corrected chi connectivity index (χ0v) is 15.9. The highest BCUT2D eigenvalue weighted by Crippen LogP contribution is 2.52. The van der Waals surface area contributed by atoms with Gasteiger partial charge in [0, 0.05) is 16.1 Å². The van der Waals surface area contributed by atoms with Gasteiger partial charge in [0.1, 0.15) is 6.07 Å². The van der Waals surface area contributed by atoms with Gasteiger partial charge in [-0.25, -0.2) is 0 Å². The van der Waals surface area contributed by atoms with E-state index in [9.17, 15) is 19.7 Å². The van der Waals surface area contributed by atoms with E-state index in [2.05, 4.69) is 21.0 Å². The second-order valence-corrected chi connectivity index (χ2v) is 7.70. The molecule has 1 aliphatic heterocycles. The summed E-state index contributed by atoms with van der Waals surface area (Å²) in [5.41, 5.74) is -0.181. The summed E-state index contributed by atoms with van der Waals surface area (Å²) in [7, 11) is 0. The first kappa shape index (κ1) is 18.3. The van der Waals surface area contributed by atoms with E-state index in [1.165, 1.54) is 18.3 Å². The molecular weight excluding hydrogens is 432 g/mol. The second-order valence-electron chi connectivity index (χ2n) is 6.78. The van der Waals surface area contributed by atoms with Crippen LogP contribution in [0.4, 0.5) is 5.69 Å². The zero-order chi connectivity index (χ0) is 20.0. The number of fused-ring (bicyclic) bond motifs is 5. The highest BCUT2D eigenvalue weighted by atomic mass is 79.9. The van der Waals surface area contributed by atoms with Crippen LogP contribution in [-0.2, 0) is 9.59 Å². The summed E-state index contributed by atoms with van der Waals surface area (Å²) in [4.78, 5) is 36.0. The molecule has 4 rings (SSSR count). The van der Waals surface area contributed by atoms with Crippen LogP contribution >= 0.6 is 15.9 Å². The summed E-state index contributed by atoms with van der Waals surface area (Å²) in [5.74, 6) is -1.50. The maximum atomic E-state index is 12.7. The van der Waals surface area contributed by atoms with Crippen molar-refractivity contribution in [2.24, 2.45) is 28.8 Å². The molecule has 0 aromatic heterocycles. The molecule has 1 saturated carbocycles. The van der Waals surface area contributed by atoms with Crippen LogP contribution in [0.3, 0.4) is 0 Å². The molecule has 1 heterocycles. The Morgan fingerprint density at radius 3 is 2.54 bits per heavy atom. The first-order valence-corrected chi connectivity index (χ1v) is 9.29. The minimum absolute atomic E-state index is 0.0631. The van der Waals surface area contributed by atoms with Crippen LogP contribution in [0.2, 0.25) is 0 Å². The number of ether oxygens (including phenoxy) is 1. The maximum absolute atomic E-state index is 12.7. The van der Waals surface area contributed by atoms with Crippen LogP contribution in [0.25, 0.3) is 0 Å². The number of nitro benzene ring substituents is 1. The molecule has 9 nitrogen and oxygen atoms in total. The first-order valence-electron chi connectivity index (χ1n) is 8.50. The number of carbonyl (C=O) groups is 2. The molecule has 0 unspecified atom stereocenters. The molecule has 4 atom stereocenters. The molecule has 2 fully saturated rings. The van der Waals surface area contributed by atoms with Crippen molar-refractivity contribution in [2.75, 3.05) is 6.61 Å². The van der Waals surface area contributed by atoms with Crippen LogP contribution in [0, 0.1) is 45.1 Å². The van der Waals surface area contributed by atoms with Crippen LogP contribution in [-0.4, -0.2) is 34.6 Å². The standard InChI is InChI=1S/C18H13BrN4O5/c19-12-6-11(16(28-4-3-20)13(7-12)23(26)27)8-21-22-17(24)14-9-1-2-10(5-9)15(14)18(22)25/h1-2,6-10,14-15H,4-5H2/t9-,10-,14-,15+/m0/s1. The van der Waals surface area contributed by atoms with Gasteiger partial charge < -0.3 is 4.74 Å². The maximum Gasteiger partial charge on any atom is 0.312 e. The average molecular weight is 445 g/mol. The van der Waals surface area contributed by atoms with Crippen molar-refractivity contribution < 1.29 is 19.2 Å². The molecule has 0 N–H and O–H groups in total. The molecule has 10 heteroatoms. The smallest absolute Gasteiger partial charge is 0.312 e. The Hall–Kier alpha value is -3.06. The van der Waals surface area contributed by atoms with Crippen molar-refractivity contribution in [3.05, 3.63) is 44.4 Å². The number of hydrogen-bond acceptors (Lipinski definition) is 7. The number of amides is 2. The lowest BCUT2D eigenvalue weighted by Crippen LogP contribution is -2.28. The van der Waals surface area contributed by atoms with Gasteiger partial charge in [-0.15, -0.1) is 0 Å². The molecule has 142 valence electrons. The van der Waals surface area contributed by atoms with Crippen LogP contribution in [0.5, 0.6) is 5.75 Å². The van der Waals surface area contributed by atoms with Gasteiger partial charge in [-0.3, -0.25) is 19.7 Å². The summed E-state index contributed by atoms with van der Waals surface area (Å²) >= 11 is 3.18. The van der Waals surface area contributed by atoms with Gasteiger partial charge in [-0.2, -0.15) is 15.4 Å². The van der Waals surface area contributed by atoms with Crippen molar-refractivity contribution in [1.82, 2.24) is 5.01 Å². The Bertz CT molecular complexity index is 968. The van der Waals surface area contributed by atoms with Crippen LogP contribution in [0.15, 0.2) is 33.9 Å². The third-order valence-electron chi connectivity index (χ3n) is 5.30. The Labute approximate surface area is 167 Å². The van der Waals surface area contributed by atoms with E-state index >= 15 is 0 Å². The van der Waals surface area contributed by atoms with E-state index in [1.807, 2.05) is 12.2 Å². The number of nitriles is 1. The number of halogens is 1. The van der Waals surface area contributed by atoms with E-state index in [1.54, 1.807) is 6.07 Å². The van der Waals surface area contributed by atoms with Gasteiger partial charge in [-0.1, -0.05) is 28.1 Å². The second kappa shape index (κ2) is 6.83. The Balaban J connectivity index is 1.67. The third kappa shape index (κ3) is 2.79. The Morgan fingerprint density at radius 1 is 1.32 bits per heavy atom. The minimum Gasteiger partial charge on any atom is -0.471 e. The normalized spacial score (nSPS) is 27.5. The number of hydrogen-bond donors (Lipinski definition) is 0. The lowest BCUT2D eigenvalue weighted by molar-refractivity contribution is -0.385. The number of imide groups is 1. The SMILES string of the molecule is N#CCOc1c(C=NN2C(=O)[C@@H]3[C@H](C2=O)[C@H]2C=C[C@H]3C2)cc(Br)cc1[N+](=O)[O-]. The largest absolute Gasteiger partial charge is 0.471 e. The quantitative estimate of drug-likeness (QED) is 0.225. The molecule has 1 aromatic rings. The van der Waals surface area contributed by atoms with Gasteiger partial charge in [0.05, 0.1) is 23.0 Å². The lowest BCUT2D eigenvalue weighted by atomic mass is 9.85. The van der Waals surface area contributed by atoms with Gasteiger partial charge in [0.2, 0.25) is 5.75 Å². The van der Waals surface area contributed by atoms with E-state index in [0.29, 0.717) is 4.47 Å². The van der Waals surface area contributed by atoms with E-state index in [4.69, 9.17) is 10.00 Å². The van der Waals surface area contributed by atoms with Crippen molar-refractivity contribution >= 4 is 39.6 Å². The molecule has 2 amide bonds. The number of nitrogens with zero attached hydrogens (tertiary/aromatic N) is 4. The monoisotopic (exact) mass is 444 g/mol. The number of benzene rings is 1. The number of carbonyl (C=O) groups excluding carboxylic acids is 2. The van der Waals surface area contributed by atoms with Gasteiger partial charge >= 0.3 is 5.69 Å². The number of hydrazone groups is 1. The van der Waals surface area contributed by atoms with Gasteiger partial charge in [0.15, 0.2) is 6.61 Å². The highest BCUT2D eigenvalue weighted by molar-refractivity contribution is 9.10. The fourth-order valence-corrected chi connectivity index (χ4v) is 4.68. The predicted molar refractivity (Wildman–Crippen MR) is 99.1 cm³/mol. The zero-order valence-electron chi connectivity index (χ0n) is 14.3. The number of rotatable bonds is 5. The predicted octanol–water partition coefficient (Wildman–Crippen LogP) is 2.40. The van der Waals surface area contributed by atoms with E-state index in [0.717, 1.165) is 11.4 Å². The van der Waals surface area contributed by atoms with E-state index in [-0.39, 0.29) is 52.5 Å². The molecular formula is C18H13BrN4O5. The fourth-order valence-electron chi connectivity index (χ4n) is 4.21. The molecule has 28 heavy (non-hydrogen) atoms. The molecule has 1 aromatic carbocycles. The number of allylic oxidation sites excluding steroid dienone is 2. The van der Waals surface area contributed by atoms with Crippen molar-refractivity contribution in [1.29, 1.82) is 5.26 Å². The highest BCUT2D eigenvalue weighted by Gasteiger charge is 2.59. The van der Waals surface area contributed by atoms with Crippen molar-refractivity contribution in [3.8, 4) is 11.8 Å². The van der Waals surface area contributed by atoms with Crippen molar-refractivity contribution in [2.45, 2.75) is 6.42 Å². The molecule has 3 aliphatic rings. The first-order chi connectivity index (χ1) is 13.4. The summed E-state index contributed by atoms with van der Waals surface area (Å²) in [6.45, 7) is -0.399. The summed E-state index contributed by atoms with van der Waals surface area (Å²) in [6, 6.07) is 4.49. The van der Waals surface area contributed by atoms with Crippen LogP contribution < -0.4 is 4.74 Å². The van der Waals surface area contributed by atoms with Crippen molar-refractivity contribution in [3.63, 3.8) is 0 Å². The molecule has 2 bridgehead atoms. The Kier molecular flexibility index (Phi) is 4.47. The number of nitro groups is 1. The molecule has 0 radical (unpaired) electrons. The fraction of sp³-hybridized carbons (Fsp3) is 0.333. The molecule has 0 spiro atoms. The lowest BCUT2D eigenvalue weighted by Gasteiger charge is -2.13.